The Morgan fingerprint density at radius 1 is 0.938 bits per heavy atom. The summed E-state index contributed by atoms with van der Waals surface area (Å²) in [5.74, 6) is 2.46. The van der Waals surface area contributed by atoms with Gasteiger partial charge in [-0.2, -0.15) is 0 Å². The Kier molecular flexibility index (Phi) is 6.23. The fraction of sp³-hybridized carbons (Fsp3) is 0.160. The number of rotatable bonds is 7. The van der Waals surface area contributed by atoms with E-state index < -0.39 is 0 Å². The molecule has 4 rings (SSSR count). The molecule has 0 N–H and O–H groups in total. The van der Waals surface area contributed by atoms with Crippen LogP contribution in [0.15, 0.2) is 60.4 Å². The zero-order chi connectivity index (χ0) is 22.7. The van der Waals surface area contributed by atoms with E-state index in [0.717, 1.165) is 5.56 Å². The van der Waals surface area contributed by atoms with Gasteiger partial charge in [-0.3, -0.25) is 4.79 Å². The summed E-state index contributed by atoms with van der Waals surface area (Å²) in [5, 5.41) is 0.649. The lowest BCUT2D eigenvalue weighted by atomic mass is 10.1. The molecule has 0 saturated heterocycles. The minimum Gasteiger partial charge on any atom is -0.493 e. The summed E-state index contributed by atoms with van der Waals surface area (Å²) in [7, 11) is 4.60. The molecule has 3 aromatic rings. The number of carbonyl (C=O) groups is 1. The molecule has 6 nitrogen and oxygen atoms in total. The summed E-state index contributed by atoms with van der Waals surface area (Å²) in [6.45, 7) is 0.349. The van der Waals surface area contributed by atoms with Crippen LogP contribution >= 0.6 is 11.6 Å². The highest BCUT2D eigenvalue weighted by Gasteiger charge is 2.28. The van der Waals surface area contributed by atoms with Gasteiger partial charge in [0.15, 0.2) is 17.3 Å². The predicted molar refractivity (Wildman–Crippen MR) is 121 cm³/mol. The minimum atomic E-state index is -0.213. The average molecular weight is 453 g/mol. The monoisotopic (exact) mass is 452 g/mol. The van der Waals surface area contributed by atoms with Crippen molar-refractivity contribution in [3.05, 3.63) is 82.1 Å². The Balaban J connectivity index is 1.56. The van der Waals surface area contributed by atoms with E-state index in [1.165, 1.54) is 21.3 Å². The van der Waals surface area contributed by atoms with E-state index in [1.807, 2.05) is 24.3 Å². The summed E-state index contributed by atoms with van der Waals surface area (Å²) in [5.41, 5.74) is 2.09. The highest BCUT2D eigenvalue weighted by Crippen LogP contribution is 2.40. The van der Waals surface area contributed by atoms with Gasteiger partial charge in [0.2, 0.25) is 11.5 Å². The lowest BCUT2D eigenvalue weighted by molar-refractivity contribution is 0.101. The largest absolute Gasteiger partial charge is 0.493 e. The summed E-state index contributed by atoms with van der Waals surface area (Å²) >= 11 is 6.01. The van der Waals surface area contributed by atoms with Crippen molar-refractivity contribution in [1.29, 1.82) is 0 Å². The third-order valence-electron chi connectivity index (χ3n) is 4.92. The van der Waals surface area contributed by atoms with Crippen LogP contribution in [0.5, 0.6) is 28.7 Å². The van der Waals surface area contributed by atoms with Crippen LogP contribution in [0.1, 0.15) is 21.5 Å². The van der Waals surface area contributed by atoms with E-state index in [2.05, 4.69) is 0 Å². The number of carbonyl (C=O) groups excluding carboxylic acids is 1. The first-order valence-corrected chi connectivity index (χ1v) is 10.2. The number of fused-ring (bicyclic) bond motifs is 1. The standard InChI is InChI=1S/C25H21ClO6/c1-28-22-11-16(12-23(29-2)25(22)30-3)10-21-24(27)19-8-7-18(13-20(19)32-21)31-14-15-5-4-6-17(26)9-15/h4-13H,14H2,1-3H3. The first-order chi connectivity index (χ1) is 15.5. The molecule has 1 aliphatic rings. The molecule has 0 fully saturated rings. The minimum absolute atomic E-state index is 0.196. The molecule has 3 aromatic carbocycles. The number of allylic oxidation sites excluding steroid dienone is 1. The number of benzene rings is 3. The zero-order valence-corrected chi connectivity index (χ0v) is 18.6. The zero-order valence-electron chi connectivity index (χ0n) is 17.8. The van der Waals surface area contributed by atoms with Gasteiger partial charge in [-0.25, -0.2) is 0 Å². The number of halogens is 1. The maximum Gasteiger partial charge on any atom is 0.231 e. The molecular weight excluding hydrogens is 432 g/mol. The van der Waals surface area contributed by atoms with E-state index in [1.54, 1.807) is 36.4 Å². The molecule has 0 spiro atoms. The molecule has 1 heterocycles. The van der Waals surface area contributed by atoms with Crippen LogP contribution in [0.4, 0.5) is 0 Å². The highest BCUT2D eigenvalue weighted by molar-refractivity contribution is 6.30. The molecule has 0 aromatic heterocycles. The normalized spacial score (nSPS) is 13.5. The first kappa shape index (κ1) is 21.6. The van der Waals surface area contributed by atoms with Crippen molar-refractivity contribution in [3.8, 4) is 28.7 Å². The molecule has 7 heteroatoms. The van der Waals surface area contributed by atoms with Gasteiger partial charge in [0.25, 0.3) is 0 Å². The van der Waals surface area contributed by atoms with Crippen molar-refractivity contribution >= 4 is 23.5 Å². The van der Waals surface area contributed by atoms with Crippen molar-refractivity contribution in [2.45, 2.75) is 6.61 Å². The maximum absolute atomic E-state index is 12.8. The van der Waals surface area contributed by atoms with Crippen LogP contribution in [0.25, 0.3) is 6.08 Å². The summed E-state index contributed by atoms with van der Waals surface area (Å²) in [6.07, 6.45) is 1.64. The Bertz CT molecular complexity index is 1180. The maximum atomic E-state index is 12.8. The van der Waals surface area contributed by atoms with Gasteiger partial charge in [0, 0.05) is 11.1 Å². The molecule has 0 saturated carbocycles. The topological polar surface area (TPSA) is 63.2 Å². The summed E-state index contributed by atoms with van der Waals surface area (Å²) in [6, 6.07) is 16.1. The van der Waals surface area contributed by atoms with Gasteiger partial charge in [-0.05, 0) is 53.6 Å². The lowest BCUT2D eigenvalue weighted by Gasteiger charge is -2.13. The molecule has 32 heavy (non-hydrogen) atoms. The lowest BCUT2D eigenvalue weighted by Crippen LogP contribution is -1.99. The molecule has 0 unspecified atom stereocenters. The van der Waals surface area contributed by atoms with Crippen molar-refractivity contribution < 1.29 is 28.5 Å². The van der Waals surface area contributed by atoms with Crippen molar-refractivity contribution in [2.24, 2.45) is 0 Å². The first-order valence-electron chi connectivity index (χ1n) is 9.78. The van der Waals surface area contributed by atoms with Gasteiger partial charge < -0.3 is 23.7 Å². The van der Waals surface area contributed by atoms with E-state index >= 15 is 0 Å². The highest BCUT2D eigenvalue weighted by atomic mass is 35.5. The second-order valence-electron chi connectivity index (χ2n) is 6.98. The predicted octanol–water partition coefficient (Wildman–Crippen LogP) is 5.56. The fourth-order valence-corrected chi connectivity index (χ4v) is 3.60. The smallest absolute Gasteiger partial charge is 0.231 e. The summed E-state index contributed by atoms with van der Waals surface area (Å²) < 4.78 is 27.8. The van der Waals surface area contributed by atoms with E-state index in [-0.39, 0.29) is 11.5 Å². The van der Waals surface area contributed by atoms with E-state index in [0.29, 0.717) is 51.5 Å². The van der Waals surface area contributed by atoms with E-state index in [4.69, 9.17) is 35.3 Å². The van der Waals surface area contributed by atoms with Gasteiger partial charge in [-0.15, -0.1) is 0 Å². The average Bonchev–Trinajstić information content (AvgIpc) is 3.11. The number of hydrogen-bond acceptors (Lipinski definition) is 6. The second-order valence-corrected chi connectivity index (χ2v) is 7.41. The Morgan fingerprint density at radius 2 is 1.69 bits per heavy atom. The number of ether oxygens (including phenoxy) is 5. The van der Waals surface area contributed by atoms with Gasteiger partial charge in [0.05, 0.1) is 26.9 Å². The van der Waals surface area contributed by atoms with Crippen LogP contribution in [-0.4, -0.2) is 27.1 Å². The van der Waals surface area contributed by atoms with Gasteiger partial charge >= 0.3 is 0 Å². The number of ketones is 1. The Labute approximate surface area is 190 Å². The SMILES string of the molecule is COc1cc(C=C2Oc3cc(OCc4cccc(Cl)c4)ccc3C2=O)cc(OC)c1OC. The van der Waals surface area contributed by atoms with E-state index in [9.17, 15) is 4.79 Å². The number of hydrogen-bond donors (Lipinski definition) is 0. The van der Waals surface area contributed by atoms with Crippen LogP contribution in [0.2, 0.25) is 5.02 Å². The number of methoxy groups -OCH3 is 3. The third-order valence-corrected chi connectivity index (χ3v) is 5.16. The molecule has 0 bridgehead atoms. The Hall–Kier alpha value is -3.64. The molecule has 164 valence electrons. The molecule has 0 radical (unpaired) electrons. The van der Waals surface area contributed by atoms with Crippen LogP contribution in [0, 0.1) is 0 Å². The van der Waals surface area contributed by atoms with Gasteiger partial charge in [0.1, 0.15) is 18.1 Å². The van der Waals surface area contributed by atoms with Crippen molar-refractivity contribution in [2.75, 3.05) is 21.3 Å². The van der Waals surface area contributed by atoms with Crippen LogP contribution in [-0.2, 0) is 6.61 Å². The van der Waals surface area contributed by atoms with Gasteiger partial charge in [-0.1, -0.05) is 23.7 Å². The summed E-state index contributed by atoms with van der Waals surface area (Å²) in [4.78, 5) is 12.8. The van der Waals surface area contributed by atoms with Crippen molar-refractivity contribution in [3.63, 3.8) is 0 Å². The van der Waals surface area contributed by atoms with Crippen LogP contribution < -0.4 is 23.7 Å². The number of Topliss-reactive ketones (excluding diaryl/α,β-unsaturated/α-hetero) is 1. The molecule has 0 atom stereocenters. The van der Waals surface area contributed by atoms with Crippen LogP contribution in [0.3, 0.4) is 0 Å². The molecule has 0 aliphatic carbocycles. The second kappa shape index (κ2) is 9.24. The fourth-order valence-electron chi connectivity index (χ4n) is 3.39. The molecular formula is C25H21ClO6. The molecule has 0 amide bonds. The van der Waals surface area contributed by atoms with Crippen molar-refractivity contribution in [1.82, 2.24) is 0 Å². The molecule has 1 aliphatic heterocycles. The quantitative estimate of drug-likeness (QED) is 0.437. The Morgan fingerprint density at radius 3 is 2.34 bits per heavy atom. The third kappa shape index (κ3) is 4.36.